The van der Waals surface area contributed by atoms with Gasteiger partial charge in [-0.25, -0.2) is 0 Å². The Morgan fingerprint density at radius 1 is 1.32 bits per heavy atom. The topological polar surface area (TPSA) is 49.4 Å². The van der Waals surface area contributed by atoms with Crippen LogP contribution in [0.1, 0.15) is 40.5 Å². The van der Waals surface area contributed by atoms with Crippen molar-refractivity contribution in [3.63, 3.8) is 0 Å². The highest BCUT2D eigenvalue weighted by molar-refractivity contribution is 5.97. The number of piperazine rings is 1. The Morgan fingerprint density at radius 3 is 2.42 bits per heavy atom. The molecule has 4 heteroatoms. The number of hydrogen-bond donors (Lipinski definition) is 1. The number of rotatable bonds is 3. The van der Waals surface area contributed by atoms with Crippen LogP contribution >= 0.6 is 0 Å². The van der Waals surface area contributed by atoms with Gasteiger partial charge in [0.25, 0.3) is 0 Å². The van der Waals surface area contributed by atoms with Crippen molar-refractivity contribution in [2.45, 2.75) is 52.6 Å². The molecule has 1 saturated carbocycles. The molecule has 19 heavy (non-hydrogen) atoms. The minimum Gasteiger partial charge on any atom is -0.342 e. The first-order chi connectivity index (χ1) is 8.86. The van der Waals surface area contributed by atoms with Crippen molar-refractivity contribution in [1.29, 1.82) is 0 Å². The number of carbonyl (C=O) groups excluding carboxylic acids is 2. The Morgan fingerprint density at radius 2 is 1.95 bits per heavy atom. The van der Waals surface area contributed by atoms with E-state index in [-0.39, 0.29) is 29.3 Å². The largest absolute Gasteiger partial charge is 0.342 e. The van der Waals surface area contributed by atoms with Gasteiger partial charge in [0.05, 0.1) is 0 Å². The van der Waals surface area contributed by atoms with Crippen molar-refractivity contribution in [2.75, 3.05) is 6.54 Å². The summed E-state index contributed by atoms with van der Waals surface area (Å²) in [6.45, 7) is 8.47. The molecule has 0 aromatic heterocycles. The molecule has 106 valence electrons. The van der Waals surface area contributed by atoms with Crippen molar-refractivity contribution >= 4 is 11.8 Å². The Kier molecular flexibility index (Phi) is 3.70. The molecule has 1 aliphatic carbocycles. The Labute approximate surface area is 115 Å². The maximum atomic E-state index is 12.6. The summed E-state index contributed by atoms with van der Waals surface area (Å²) in [5.74, 6) is 0.430. The molecule has 2 unspecified atom stereocenters. The van der Waals surface area contributed by atoms with Crippen molar-refractivity contribution < 1.29 is 9.59 Å². The first-order valence-corrected chi connectivity index (χ1v) is 7.08. The van der Waals surface area contributed by atoms with Gasteiger partial charge < -0.3 is 10.2 Å². The highest BCUT2D eigenvalue weighted by atomic mass is 16.2. The molecule has 2 rings (SSSR count). The van der Waals surface area contributed by atoms with Crippen LogP contribution in [0.3, 0.4) is 0 Å². The van der Waals surface area contributed by atoms with E-state index in [2.05, 4.69) is 5.32 Å². The molecule has 1 aliphatic heterocycles. The van der Waals surface area contributed by atoms with E-state index in [1.807, 2.05) is 39.8 Å². The van der Waals surface area contributed by atoms with Crippen LogP contribution in [0.4, 0.5) is 0 Å². The smallest absolute Gasteiger partial charge is 0.246 e. The predicted molar refractivity (Wildman–Crippen MR) is 74.4 cm³/mol. The molecule has 0 bridgehead atoms. The molecule has 0 aromatic rings. The average Bonchev–Trinajstić information content (AvgIpc) is 3.11. The van der Waals surface area contributed by atoms with E-state index in [0.29, 0.717) is 12.5 Å². The summed E-state index contributed by atoms with van der Waals surface area (Å²) >= 11 is 0. The zero-order chi connectivity index (χ0) is 14.2. The molecule has 2 fully saturated rings. The van der Waals surface area contributed by atoms with Crippen LogP contribution in [0.15, 0.2) is 12.2 Å². The van der Waals surface area contributed by atoms with Gasteiger partial charge in [0, 0.05) is 6.54 Å². The lowest BCUT2D eigenvalue weighted by Gasteiger charge is -2.44. The summed E-state index contributed by atoms with van der Waals surface area (Å²) in [5.41, 5.74) is -0.254. The lowest BCUT2D eigenvalue weighted by Crippen LogP contribution is -2.67. The van der Waals surface area contributed by atoms with E-state index < -0.39 is 0 Å². The first-order valence-electron chi connectivity index (χ1n) is 7.08. The number of nitrogens with one attached hydrogen (secondary N) is 1. The maximum absolute atomic E-state index is 12.6. The van der Waals surface area contributed by atoms with Crippen molar-refractivity contribution in [1.82, 2.24) is 10.2 Å². The summed E-state index contributed by atoms with van der Waals surface area (Å²) < 4.78 is 0. The first kappa shape index (κ1) is 14.1. The van der Waals surface area contributed by atoms with Crippen LogP contribution in [-0.4, -0.2) is 35.3 Å². The molecule has 1 heterocycles. The van der Waals surface area contributed by atoms with Crippen LogP contribution < -0.4 is 5.32 Å². The number of carbonyl (C=O) groups is 2. The standard InChI is InChI=1S/C15H24N2O2/c1-5-6-9-17-12(15(2,3)4)13(18)16-11(14(17)19)10-7-8-10/h5-6,10-12H,7-9H2,1-4H3,(H,16,18)/b6-5+. The third-order valence-corrected chi connectivity index (χ3v) is 3.86. The van der Waals surface area contributed by atoms with Gasteiger partial charge in [-0.1, -0.05) is 32.9 Å². The maximum Gasteiger partial charge on any atom is 0.246 e. The van der Waals surface area contributed by atoms with E-state index >= 15 is 0 Å². The van der Waals surface area contributed by atoms with E-state index in [9.17, 15) is 9.59 Å². The van der Waals surface area contributed by atoms with Gasteiger partial charge >= 0.3 is 0 Å². The number of hydrogen-bond acceptors (Lipinski definition) is 2. The van der Waals surface area contributed by atoms with E-state index in [4.69, 9.17) is 0 Å². The van der Waals surface area contributed by atoms with Crippen molar-refractivity contribution in [2.24, 2.45) is 11.3 Å². The molecule has 2 aliphatic rings. The Hall–Kier alpha value is -1.32. The lowest BCUT2D eigenvalue weighted by molar-refractivity contribution is -0.153. The summed E-state index contributed by atoms with van der Waals surface area (Å²) in [4.78, 5) is 26.7. The molecule has 1 saturated heterocycles. The van der Waals surface area contributed by atoms with Gasteiger partial charge in [-0.3, -0.25) is 9.59 Å². The number of amides is 2. The molecule has 1 N–H and O–H groups in total. The molecular weight excluding hydrogens is 240 g/mol. The minimum absolute atomic E-state index is 0.00602. The fourth-order valence-corrected chi connectivity index (χ4v) is 2.77. The highest BCUT2D eigenvalue weighted by Crippen LogP contribution is 2.37. The van der Waals surface area contributed by atoms with Crippen LogP contribution in [0.2, 0.25) is 0 Å². The zero-order valence-electron chi connectivity index (χ0n) is 12.3. The fraction of sp³-hybridized carbons (Fsp3) is 0.733. The van der Waals surface area contributed by atoms with Gasteiger partial charge in [-0.05, 0) is 31.1 Å². The summed E-state index contributed by atoms with van der Waals surface area (Å²) in [6, 6.07) is -0.678. The van der Waals surface area contributed by atoms with Gasteiger partial charge in [0.2, 0.25) is 11.8 Å². The minimum atomic E-state index is -0.383. The molecular formula is C15H24N2O2. The molecule has 0 aromatic carbocycles. The molecule has 2 amide bonds. The second kappa shape index (κ2) is 4.99. The average molecular weight is 264 g/mol. The Bertz CT molecular complexity index is 405. The van der Waals surface area contributed by atoms with Crippen molar-refractivity contribution in [3.8, 4) is 0 Å². The Balaban J connectivity index is 2.26. The van der Waals surface area contributed by atoms with Crippen LogP contribution in [-0.2, 0) is 9.59 Å². The predicted octanol–water partition coefficient (Wildman–Crippen LogP) is 1.71. The molecule has 4 nitrogen and oxygen atoms in total. The zero-order valence-corrected chi connectivity index (χ0v) is 12.3. The number of nitrogens with zero attached hydrogens (tertiary/aromatic N) is 1. The van der Waals surface area contributed by atoms with Gasteiger partial charge in [-0.2, -0.15) is 0 Å². The second-order valence-electron chi connectivity index (χ2n) is 6.65. The monoisotopic (exact) mass is 264 g/mol. The molecule has 2 atom stereocenters. The van der Waals surface area contributed by atoms with E-state index in [1.165, 1.54) is 0 Å². The van der Waals surface area contributed by atoms with E-state index in [1.54, 1.807) is 4.90 Å². The normalized spacial score (nSPS) is 28.9. The lowest BCUT2D eigenvalue weighted by atomic mass is 9.82. The summed E-state index contributed by atoms with van der Waals surface area (Å²) in [7, 11) is 0. The SMILES string of the molecule is C/C=C/CN1C(=O)C(C2CC2)NC(=O)C1C(C)(C)C. The van der Waals surface area contributed by atoms with Crippen LogP contribution in [0.5, 0.6) is 0 Å². The third kappa shape index (κ3) is 2.82. The highest BCUT2D eigenvalue weighted by Gasteiger charge is 2.49. The number of allylic oxidation sites excluding steroid dienone is 1. The van der Waals surface area contributed by atoms with Crippen LogP contribution in [0.25, 0.3) is 0 Å². The quantitative estimate of drug-likeness (QED) is 0.789. The van der Waals surface area contributed by atoms with Gasteiger partial charge in [-0.15, -0.1) is 0 Å². The summed E-state index contributed by atoms with van der Waals surface area (Å²) in [6.07, 6.45) is 5.97. The second-order valence-corrected chi connectivity index (χ2v) is 6.65. The third-order valence-electron chi connectivity index (χ3n) is 3.86. The van der Waals surface area contributed by atoms with Gasteiger partial charge in [0.1, 0.15) is 12.1 Å². The van der Waals surface area contributed by atoms with Gasteiger partial charge in [0.15, 0.2) is 0 Å². The molecule has 0 radical (unpaired) electrons. The van der Waals surface area contributed by atoms with Crippen molar-refractivity contribution in [3.05, 3.63) is 12.2 Å². The fourth-order valence-electron chi connectivity index (χ4n) is 2.77. The summed E-state index contributed by atoms with van der Waals surface area (Å²) in [5, 5.41) is 2.94. The van der Waals surface area contributed by atoms with E-state index in [0.717, 1.165) is 12.8 Å². The molecule has 0 spiro atoms. The van der Waals surface area contributed by atoms with Crippen LogP contribution in [0, 0.1) is 11.3 Å².